The molecular weight excluding hydrogens is 366 g/mol. The summed E-state index contributed by atoms with van der Waals surface area (Å²) >= 11 is 0. The molecule has 0 aliphatic carbocycles. The van der Waals surface area contributed by atoms with Crippen LogP contribution in [0.3, 0.4) is 0 Å². The van der Waals surface area contributed by atoms with Crippen LogP contribution in [0.25, 0.3) is 16.7 Å². The molecule has 0 unspecified atom stereocenters. The lowest BCUT2D eigenvalue weighted by atomic mass is 9.99. The predicted molar refractivity (Wildman–Crippen MR) is 130 cm³/mol. The summed E-state index contributed by atoms with van der Waals surface area (Å²) in [5, 5.41) is 0. The van der Waals surface area contributed by atoms with Gasteiger partial charge in [0.05, 0.1) is 0 Å². The maximum absolute atomic E-state index is 4.55. The Balaban J connectivity index is 1.97. The summed E-state index contributed by atoms with van der Waals surface area (Å²) in [7, 11) is 2.10. The van der Waals surface area contributed by atoms with Crippen LogP contribution in [0.4, 0.5) is 5.69 Å². The molecule has 0 atom stereocenters. The minimum Gasteiger partial charge on any atom is -0.377 e. The van der Waals surface area contributed by atoms with E-state index in [9.17, 15) is 0 Å². The van der Waals surface area contributed by atoms with Crippen molar-refractivity contribution in [2.45, 2.75) is 39.7 Å². The molecule has 0 bridgehead atoms. The first-order chi connectivity index (χ1) is 14.4. The molecule has 2 heterocycles. The molecule has 3 heteroatoms. The summed E-state index contributed by atoms with van der Waals surface area (Å²) in [6.45, 7) is 15.7. The van der Waals surface area contributed by atoms with Crippen LogP contribution in [-0.2, 0) is 6.42 Å². The van der Waals surface area contributed by atoms with Crippen LogP contribution in [-0.4, -0.2) is 29.5 Å². The average molecular weight is 400 g/mol. The van der Waals surface area contributed by atoms with Crippen molar-refractivity contribution in [3.05, 3.63) is 91.1 Å². The molecule has 0 radical (unpaired) electrons. The van der Waals surface area contributed by atoms with E-state index in [-0.39, 0.29) is 0 Å². The number of hydrogen-bond donors (Lipinski definition) is 0. The van der Waals surface area contributed by atoms with Crippen molar-refractivity contribution >= 4 is 11.3 Å². The van der Waals surface area contributed by atoms with E-state index in [1.165, 1.54) is 22.5 Å². The fourth-order valence-corrected chi connectivity index (χ4v) is 3.67. The van der Waals surface area contributed by atoms with E-state index in [0.717, 1.165) is 36.1 Å². The number of fused-ring (bicyclic) bond motifs is 1. The van der Waals surface area contributed by atoms with Gasteiger partial charge in [0.2, 0.25) is 0 Å². The van der Waals surface area contributed by atoms with Gasteiger partial charge in [-0.3, -0.25) is 4.98 Å². The Labute approximate surface area is 181 Å². The predicted octanol–water partition coefficient (Wildman–Crippen LogP) is 6.46. The zero-order valence-corrected chi connectivity index (χ0v) is 18.7. The number of aromatic nitrogens is 1. The highest BCUT2D eigenvalue weighted by Crippen LogP contribution is 2.37. The molecule has 0 spiro atoms. The maximum Gasteiger partial charge on any atom is 0.0445 e. The Morgan fingerprint density at radius 1 is 1.23 bits per heavy atom. The third kappa shape index (κ3) is 4.73. The minimum atomic E-state index is 0.421. The van der Waals surface area contributed by atoms with Crippen molar-refractivity contribution in [2.24, 2.45) is 0 Å². The molecule has 0 fully saturated rings. The smallest absolute Gasteiger partial charge is 0.0445 e. The van der Waals surface area contributed by atoms with Gasteiger partial charge in [-0.15, -0.1) is 0 Å². The van der Waals surface area contributed by atoms with Crippen molar-refractivity contribution in [1.29, 1.82) is 0 Å². The molecule has 1 aliphatic heterocycles. The van der Waals surface area contributed by atoms with Crippen molar-refractivity contribution in [3.63, 3.8) is 0 Å². The van der Waals surface area contributed by atoms with Gasteiger partial charge in [0.1, 0.15) is 0 Å². The third-order valence-electron chi connectivity index (χ3n) is 5.57. The summed E-state index contributed by atoms with van der Waals surface area (Å²) in [5.74, 6) is 0. The molecule has 1 aromatic heterocycles. The molecule has 156 valence electrons. The minimum absolute atomic E-state index is 0.421. The number of allylic oxidation sites excluding steroid dienone is 5. The van der Waals surface area contributed by atoms with Gasteiger partial charge < -0.3 is 9.80 Å². The molecule has 1 aliphatic rings. The average Bonchev–Trinajstić information content (AvgIpc) is 3.05. The lowest BCUT2D eigenvalue weighted by molar-refractivity contribution is 0.377. The second-order valence-corrected chi connectivity index (χ2v) is 8.14. The van der Waals surface area contributed by atoms with Crippen molar-refractivity contribution in [3.8, 4) is 11.1 Å². The highest BCUT2D eigenvalue weighted by Gasteiger charge is 2.22. The first kappa shape index (κ1) is 21.6. The molecule has 1 aromatic carbocycles. The van der Waals surface area contributed by atoms with Gasteiger partial charge in [-0.25, -0.2) is 0 Å². The van der Waals surface area contributed by atoms with Gasteiger partial charge in [-0.2, -0.15) is 0 Å². The highest BCUT2D eigenvalue weighted by molar-refractivity contribution is 5.78. The fraction of sp³-hybridized carbons (Fsp3) is 0.296. The van der Waals surface area contributed by atoms with Crippen molar-refractivity contribution < 1.29 is 0 Å². The highest BCUT2D eigenvalue weighted by atomic mass is 15.2. The summed E-state index contributed by atoms with van der Waals surface area (Å²) < 4.78 is 0. The Kier molecular flexibility index (Phi) is 6.94. The van der Waals surface area contributed by atoms with Crippen LogP contribution in [0.2, 0.25) is 0 Å². The molecule has 2 aromatic rings. The van der Waals surface area contributed by atoms with Crippen LogP contribution in [0.1, 0.15) is 38.3 Å². The quantitative estimate of drug-likeness (QED) is 0.475. The van der Waals surface area contributed by atoms with Crippen molar-refractivity contribution in [2.75, 3.05) is 18.5 Å². The van der Waals surface area contributed by atoms with Crippen LogP contribution >= 0.6 is 0 Å². The van der Waals surface area contributed by atoms with Gasteiger partial charge in [0.25, 0.3) is 0 Å². The van der Waals surface area contributed by atoms with Crippen LogP contribution in [0.5, 0.6) is 0 Å². The fourth-order valence-electron chi connectivity index (χ4n) is 3.67. The first-order valence-electron chi connectivity index (χ1n) is 10.7. The molecule has 0 saturated heterocycles. The molecule has 3 nitrogen and oxygen atoms in total. The number of rotatable bonds is 8. The van der Waals surface area contributed by atoms with Gasteiger partial charge in [0, 0.05) is 67.2 Å². The Bertz CT molecular complexity index is 981. The largest absolute Gasteiger partial charge is 0.377 e. The molecular formula is C27H33N3. The summed E-state index contributed by atoms with van der Waals surface area (Å²) in [4.78, 5) is 9.10. The molecule has 0 N–H and O–H groups in total. The normalized spacial score (nSPS) is 14.0. The lowest BCUT2D eigenvalue weighted by Crippen LogP contribution is -2.20. The molecule has 3 rings (SSSR count). The van der Waals surface area contributed by atoms with E-state index >= 15 is 0 Å². The topological polar surface area (TPSA) is 19.4 Å². The summed E-state index contributed by atoms with van der Waals surface area (Å²) in [6, 6.07) is 9.36. The third-order valence-corrected chi connectivity index (χ3v) is 5.57. The summed E-state index contributed by atoms with van der Waals surface area (Å²) in [5.41, 5.74) is 8.35. The molecule has 0 amide bonds. The summed E-state index contributed by atoms with van der Waals surface area (Å²) in [6.07, 6.45) is 13.9. The van der Waals surface area contributed by atoms with Gasteiger partial charge >= 0.3 is 0 Å². The number of benzene rings is 1. The SMILES string of the molecule is C=C/C=C\C(=C/N(C)C(C)C)c1cncc(-c2ccc3c(c2)CC(=C)N3CCC)c1. The van der Waals surface area contributed by atoms with E-state index in [4.69, 9.17) is 0 Å². The number of nitrogens with zero attached hydrogens (tertiary/aromatic N) is 3. The maximum atomic E-state index is 4.55. The first-order valence-corrected chi connectivity index (χ1v) is 10.7. The zero-order valence-electron chi connectivity index (χ0n) is 18.7. The van der Waals surface area contributed by atoms with Gasteiger partial charge in [0.15, 0.2) is 0 Å². The van der Waals surface area contributed by atoms with E-state index in [1.54, 1.807) is 6.08 Å². The molecule has 0 saturated carbocycles. The Morgan fingerprint density at radius 3 is 2.73 bits per heavy atom. The van der Waals surface area contributed by atoms with Gasteiger partial charge in [-0.1, -0.05) is 44.4 Å². The van der Waals surface area contributed by atoms with E-state index < -0.39 is 0 Å². The van der Waals surface area contributed by atoms with Crippen LogP contribution in [0, 0.1) is 0 Å². The lowest BCUT2D eigenvalue weighted by Gasteiger charge is -2.20. The van der Waals surface area contributed by atoms with E-state index in [0.29, 0.717) is 6.04 Å². The Morgan fingerprint density at radius 2 is 2.03 bits per heavy atom. The standard InChI is InChI=1S/C27H33N3/c1-7-9-10-23(19-29(6)20(3)4)26-16-25(17-28-18-26)22-11-12-27-24(15-22)14-21(5)30(27)13-8-2/h7,9-12,15-20H,1,5,8,13-14H2,2-4,6H3/b10-9-,23-19+. The second-order valence-electron chi connectivity index (χ2n) is 8.14. The van der Waals surface area contributed by atoms with E-state index in [2.05, 4.69) is 92.3 Å². The zero-order chi connectivity index (χ0) is 21.7. The monoisotopic (exact) mass is 399 g/mol. The Hall–Kier alpha value is -3.07. The molecule has 30 heavy (non-hydrogen) atoms. The van der Waals surface area contributed by atoms with Gasteiger partial charge in [-0.05, 0) is 55.2 Å². The number of anilines is 1. The van der Waals surface area contributed by atoms with Crippen LogP contribution < -0.4 is 4.90 Å². The number of hydrogen-bond acceptors (Lipinski definition) is 3. The van der Waals surface area contributed by atoms with E-state index in [1.807, 2.05) is 18.5 Å². The van der Waals surface area contributed by atoms with Crippen LogP contribution in [0.15, 0.2) is 79.9 Å². The van der Waals surface area contributed by atoms with Crippen molar-refractivity contribution in [1.82, 2.24) is 9.88 Å². The number of pyridine rings is 1. The second kappa shape index (κ2) is 9.62.